The molecule has 0 aliphatic heterocycles. The van der Waals surface area contributed by atoms with Crippen LogP contribution >= 0.6 is 0 Å². The molecule has 0 bridgehead atoms. The zero-order valence-electron chi connectivity index (χ0n) is 30.7. The summed E-state index contributed by atoms with van der Waals surface area (Å²) in [4.78, 5) is 4.92. The molecule has 7 aromatic rings. The molecule has 0 aliphatic carbocycles. The first-order chi connectivity index (χ1) is 23.8. The van der Waals surface area contributed by atoms with Crippen LogP contribution in [0.4, 0.5) is 0 Å². The van der Waals surface area contributed by atoms with Crippen molar-refractivity contribution < 1.29 is 4.74 Å². The molecule has 50 heavy (non-hydrogen) atoms. The van der Waals surface area contributed by atoms with Crippen LogP contribution in [-0.2, 0) is 12.8 Å². The lowest BCUT2D eigenvalue weighted by Crippen LogP contribution is -2.09. The molecule has 4 aromatic carbocycles. The Bertz CT molecular complexity index is 2310. The van der Waals surface area contributed by atoms with Gasteiger partial charge in [-0.1, -0.05) is 84.0 Å². The van der Waals surface area contributed by atoms with Gasteiger partial charge in [0, 0.05) is 40.4 Å². The topological polar surface area (TPSA) is 44.9 Å². The fourth-order valence-corrected chi connectivity index (χ4v) is 7.07. The van der Waals surface area contributed by atoms with Gasteiger partial charge in [0.25, 0.3) is 0 Å². The largest absolute Gasteiger partial charge is 0.457 e. The molecule has 3 aromatic heterocycles. The Labute approximate surface area is 296 Å². The van der Waals surface area contributed by atoms with E-state index in [0.717, 1.165) is 70.3 Å². The van der Waals surface area contributed by atoms with Gasteiger partial charge in [0.05, 0.1) is 22.4 Å². The molecule has 0 radical (unpaired) electrons. The Hall–Kier alpha value is -5.16. The number of nitrogens with zero attached hydrogens (tertiary/aromatic N) is 4. The van der Waals surface area contributed by atoms with E-state index in [2.05, 4.69) is 145 Å². The van der Waals surface area contributed by atoms with Gasteiger partial charge < -0.3 is 4.74 Å². The van der Waals surface area contributed by atoms with Gasteiger partial charge in [-0.05, 0) is 109 Å². The van der Waals surface area contributed by atoms with Gasteiger partial charge >= 0.3 is 0 Å². The summed E-state index contributed by atoms with van der Waals surface area (Å²) < 4.78 is 10.9. The van der Waals surface area contributed by atoms with Crippen LogP contribution in [0.1, 0.15) is 70.5 Å². The predicted octanol–water partition coefficient (Wildman–Crippen LogP) is 12.0. The number of aromatic nitrogens is 4. The van der Waals surface area contributed by atoms with Crippen molar-refractivity contribution in [3.8, 4) is 34.1 Å². The molecule has 7 rings (SSSR count). The maximum atomic E-state index is 6.61. The first-order valence-corrected chi connectivity index (χ1v) is 17.8. The van der Waals surface area contributed by atoms with Crippen molar-refractivity contribution in [2.75, 3.05) is 0 Å². The van der Waals surface area contributed by atoms with E-state index in [4.69, 9.17) is 14.8 Å². The van der Waals surface area contributed by atoms with Crippen LogP contribution in [-0.4, -0.2) is 19.3 Å². The Morgan fingerprint density at radius 1 is 0.660 bits per heavy atom. The lowest BCUT2D eigenvalue weighted by molar-refractivity contribution is 0.378. The Balaban J connectivity index is 1.29. The summed E-state index contributed by atoms with van der Waals surface area (Å²) in [5.41, 5.74) is 10.7. The highest BCUT2D eigenvalue weighted by Gasteiger charge is 2.19. The van der Waals surface area contributed by atoms with Crippen molar-refractivity contribution in [3.63, 3.8) is 0 Å². The summed E-state index contributed by atoms with van der Waals surface area (Å²) in [6.45, 7) is 18.0. The lowest BCUT2D eigenvalue weighted by Gasteiger charge is -2.18. The van der Waals surface area contributed by atoms with Gasteiger partial charge in [-0.25, -0.2) is 9.67 Å². The van der Waals surface area contributed by atoms with Crippen LogP contribution in [0, 0.1) is 24.7 Å². The zero-order valence-corrected chi connectivity index (χ0v) is 30.7. The van der Waals surface area contributed by atoms with E-state index in [-0.39, 0.29) is 10.8 Å². The van der Waals surface area contributed by atoms with Crippen LogP contribution in [0.5, 0.6) is 11.5 Å². The number of ether oxygens (including phenoxy) is 1. The standard InChI is InChI=1S/C45H48N4O/c1-30-43(34-13-10-9-11-14-34)31(2)49(47-30)35-15-12-16-36(27-35)50-37-18-19-38-39-25-33(29-45(6,7)8)17-20-40(39)48(41(38)28-37)42-26-32(22-24-46-42)21-23-44(3,4)5/h9-20,22,24-28H,21,23,29H2,1-8H3. The Morgan fingerprint density at radius 3 is 2.20 bits per heavy atom. The fraction of sp³-hybridized carbons (Fsp3) is 0.289. The van der Waals surface area contributed by atoms with Gasteiger partial charge in [-0.2, -0.15) is 5.10 Å². The third-order valence-electron chi connectivity index (χ3n) is 9.39. The fourth-order valence-electron chi connectivity index (χ4n) is 7.07. The number of benzene rings is 4. The molecule has 0 aliphatic rings. The van der Waals surface area contributed by atoms with E-state index in [1.807, 2.05) is 29.1 Å². The Kier molecular flexibility index (Phi) is 8.63. The smallest absolute Gasteiger partial charge is 0.137 e. The van der Waals surface area contributed by atoms with Crippen molar-refractivity contribution in [2.24, 2.45) is 10.8 Å². The average Bonchev–Trinajstić information content (AvgIpc) is 3.55. The van der Waals surface area contributed by atoms with Gasteiger partial charge in [0.15, 0.2) is 0 Å². The average molecular weight is 661 g/mol. The molecule has 0 saturated carbocycles. The summed E-state index contributed by atoms with van der Waals surface area (Å²) in [6.07, 6.45) is 5.09. The molecule has 5 nitrogen and oxygen atoms in total. The minimum atomic E-state index is 0.195. The molecule has 0 amide bonds. The van der Waals surface area contributed by atoms with Crippen LogP contribution < -0.4 is 4.74 Å². The van der Waals surface area contributed by atoms with Gasteiger partial charge in [-0.15, -0.1) is 0 Å². The monoisotopic (exact) mass is 660 g/mol. The molecule has 0 unspecified atom stereocenters. The van der Waals surface area contributed by atoms with E-state index in [9.17, 15) is 0 Å². The summed E-state index contributed by atoms with van der Waals surface area (Å²) in [7, 11) is 0. The molecule has 0 spiro atoms. The number of aryl methyl sites for hydroxylation is 2. The van der Waals surface area contributed by atoms with E-state index in [1.165, 1.54) is 27.5 Å². The SMILES string of the molecule is Cc1nn(-c2cccc(Oc3ccc4c5cc(CC(C)(C)C)ccc5n(-c5cc(CCC(C)(C)C)ccn5)c4c3)c2)c(C)c1-c1ccccc1. The van der Waals surface area contributed by atoms with Gasteiger partial charge in [0.1, 0.15) is 17.3 Å². The minimum absolute atomic E-state index is 0.195. The maximum Gasteiger partial charge on any atom is 0.137 e. The first kappa shape index (κ1) is 33.3. The number of hydrogen-bond donors (Lipinski definition) is 0. The molecule has 0 saturated heterocycles. The quantitative estimate of drug-likeness (QED) is 0.163. The lowest BCUT2D eigenvalue weighted by atomic mass is 9.88. The summed E-state index contributed by atoms with van der Waals surface area (Å²) in [5, 5.41) is 7.35. The van der Waals surface area contributed by atoms with Crippen LogP contribution in [0.3, 0.4) is 0 Å². The van der Waals surface area contributed by atoms with Crippen molar-refractivity contribution in [1.29, 1.82) is 0 Å². The molecule has 0 atom stereocenters. The number of hydrogen-bond acceptors (Lipinski definition) is 3. The van der Waals surface area contributed by atoms with Crippen molar-refractivity contribution >= 4 is 21.8 Å². The van der Waals surface area contributed by atoms with Crippen molar-refractivity contribution in [2.45, 2.75) is 74.7 Å². The third-order valence-corrected chi connectivity index (χ3v) is 9.39. The molecule has 0 N–H and O–H groups in total. The first-order valence-electron chi connectivity index (χ1n) is 17.8. The van der Waals surface area contributed by atoms with Crippen LogP contribution in [0.25, 0.3) is 44.4 Å². The predicted molar refractivity (Wildman–Crippen MR) is 208 cm³/mol. The second-order valence-corrected chi connectivity index (χ2v) is 16.1. The molecular weight excluding hydrogens is 613 g/mol. The van der Waals surface area contributed by atoms with Crippen molar-refractivity contribution in [1.82, 2.24) is 19.3 Å². The highest BCUT2D eigenvalue weighted by atomic mass is 16.5. The summed E-state index contributed by atoms with van der Waals surface area (Å²) >= 11 is 0. The zero-order chi connectivity index (χ0) is 35.2. The summed E-state index contributed by atoms with van der Waals surface area (Å²) in [6, 6.07) is 36.4. The van der Waals surface area contributed by atoms with E-state index in [0.29, 0.717) is 0 Å². The number of pyridine rings is 1. The van der Waals surface area contributed by atoms with E-state index >= 15 is 0 Å². The molecule has 0 fully saturated rings. The molecule has 3 heterocycles. The van der Waals surface area contributed by atoms with Gasteiger partial charge in [-0.3, -0.25) is 4.57 Å². The second kappa shape index (κ2) is 12.9. The maximum absolute atomic E-state index is 6.61. The summed E-state index contributed by atoms with van der Waals surface area (Å²) in [5.74, 6) is 2.46. The van der Waals surface area contributed by atoms with E-state index in [1.54, 1.807) is 0 Å². The van der Waals surface area contributed by atoms with Crippen LogP contribution in [0.2, 0.25) is 0 Å². The normalized spacial score (nSPS) is 12.2. The van der Waals surface area contributed by atoms with Crippen LogP contribution in [0.15, 0.2) is 109 Å². The minimum Gasteiger partial charge on any atom is -0.457 e. The highest BCUT2D eigenvalue weighted by Crippen LogP contribution is 2.37. The molecule has 5 heteroatoms. The van der Waals surface area contributed by atoms with E-state index < -0.39 is 0 Å². The van der Waals surface area contributed by atoms with Crippen molar-refractivity contribution in [3.05, 3.63) is 132 Å². The third kappa shape index (κ3) is 6.96. The molecule has 254 valence electrons. The number of rotatable bonds is 8. The highest BCUT2D eigenvalue weighted by molar-refractivity contribution is 6.09. The number of fused-ring (bicyclic) bond motifs is 3. The molecular formula is C45H48N4O. The Morgan fingerprint density at radius 2 is 1.44 bits per heavy atom. The second-order valence-electron chi connectivity index (χ2n) is 16.1. The van der Waals surface area contributed by atoms with Gasteiger partial charge in [0.2, 0.25) is 0 Å².